The third-order valence-electron chi connectivity index (χ3n) is 8.08. The minimum absolute atomic E-state index is 0.0381. The number of pyridine rings is 2. The van der Waals surface area contributed by atoms with Gasteiger partial charge < -0.3 is 18.9 Å². The molecule has 2 unspecified atom stereocenters. The molecule has 13 heteroatoms. The highest BCUT2D eigenvalue weighted by Gasteiger charge is 2.20. The molecule has 0 saturated heterocycles. The van der Waals surface area contributed by atoms with Gasteiger partial charge in [-0.2, -0.15) is 0 Å². The van der Waals surface area contributed by atoms with Gasteiger partial charge in [0.1, 0.15) is 51.3 Å². The van der Waals surface area contributed by atoms with Gasteiger partial charge in [-0.05, 0) is 83.4 Å². The summed E-state index contributed by atoms with van der Waals surface area (Å²) in [5.41, 5.74) is 2.55. The summed E-state index contributed by atoms with van der Waals surface area (Å²) < 4.78 is 78.1. The zero-order chi connectivity index (χ0) is 35.6. The first-order valence-electron chi connectivity index (χ1n) is 15.4. The second-order valence-corrected chi connectivity index (χ2v) is 16.1. The van der Waals surface area contributed by atoms with Crippen molar-refractivity contribution >= 4 is 41.3 Å². The molecule has 6 aromatic rings. The lowest BCUT2D eigenvalue weighted by Crippen LogP contribution is -2.30. The van der Waals surface area contributed by atoms with Crippen molar-refractivity contribution in [2.75, 3.05) is 26.7 Å². The van der Waals surface area contributed by atoms with Gasteiger partial charge in [0, 0.05) is 36.2 Å². The van der Waals surface area contributed by atoms with Gasteiger partial charge in [0.25, 0.3) is 5.52 Å². The zero-order valence-corrected chi connectivity index (χ0v) is 29.7. The van der Waals surface area contributed by atoms with E-state index in [1.807, 2.05) is 49.4 Å². The molecule has 4 aromatic carbocycles. The molecule has 50 heavy (non-hydrogen) atoms. The topological polar surface area (TPSA) is 124 Å². The standard InChI is InChI=1S/C37H36FN4O6S2/c1-24(48-37-13-15-40-34-21-28(45-2)9-11-32(34)37)26-7-6-8-30(19-26)50(5,44)41-42-16-14-36(33-12-10-29(46-3)22-35(33)42)47-23-25-17-27(38)20-31(18-25)49(4,39)43/h6-22,24,39H,23H2,1-5H3/q+1/t24-,49?,50?/m1/s1. The van der Waals surface area contributed by atoms with Crippen molar-refractivity contribution in [2.45, 2.75) is 29.4 Å². The fourth-order valence-electron chi connectivity index (χ4n) is 5.44. The van der Waals surface area contributed by atoms with Crippen molar-refractivity contribution < 1.29 is 36.4 Å². The third kappa shape index (κ3) is 7.48. The fourth-order valence-corrected chi connectivity index (χ4v) is 7.41. The first-order valence-corrected chi connectivity index (χ1v) is 19.3. The molecule has 2 aromatic heterocycles. The van der Waals surface area contributed by atoms with E-state index in [9.17, 15) is 12.8 Å². The van der Waals surface area contributed by atoms with E-state index < -0.39 is 25.3 Å². The highest BCUT2D eigenvalue weighted by atomic mass is 32.2. The number of halogens is 1. The molecule has 6 rings (SSSR count). The number of fused-ring (bicyclic) bond motifs is 2. The summed E-state index contributed by atoms with van der Waals surface area (Å²) in [7, 11) is -2.96. The Hall–Kier alpha value is -5.27. The number of benzene rings is 4. The second kappa shape index (κ2) is 13.9. The highest BCUT2D eigenvalue weighted by molar-refractivity contribution is 7.92. The van der Waals surface area contributed by atoms with Crippen molar-refractivity contribution in [3.8, 4) is 23.0 Å². The van der Waals surface area contributed by atoms with Crippen molar-refractivity contribution in [1.82, 2.24) is 4.98 Å². The first kappa shape index (κ1) is 34.6. The Balaban J connectivity index is 1.31. The molecule has 0 bridgehead atoms. The smallest absolute Gasteiger partial charge is 0.253 e. The monoisotopic (exact) mass is 715 g/mol. The maximum atomic E-state index is 14.3. The number of methoxy groups -OCH3 is 2. The molecular weight excluding hydrogens is 680 g/mol. The fraction of sp³-hybridized carbons (Fsp3) is 0.189. The summed E-state index contributed by atoms with van der Waals surface area (Å²) in [5.74, 6) is 1.78. The lowest BCUT2D eigenvalue weighted by atomic mass is 10.1. The molecule has 2 heterocycles. The SMILES string of the molecule is COc1ccc2c(O[C@H](C)c3cccc(S(C)(=O)=N[n+]4ccc(OCc5cc(F)cc(S(C)(=N)=O)c5)c5ccc(OC)cc54)c3)ccnc2c1. The van der Waals surface area contributed by atoms with Crippen LogP contribution in [0, 0.1) is 10.6 Å². The van der Waals surface area contributed by atoms with Crippen LogP contribution >= 0.6 is 0 Å². The summed E-state index contributed by atoms with van der Waals surface area (Å²) in [6.45, 7) is 1.89. The van der Waals surface area contributed by atoms with Crippen LogP contribution in [0.4, 0.5) is 4.39 Å². The van der Waals surface area contributed by atoms with Crippen LogP contribution in [0.3, 0.4) is 0 Å². The maximum absolute atomic E-state index is 14.3. The van der Waals surface area contributed by atoms with Gasteiger partial charge in [-0.15, -0.1) is 0 Å². The van der Waals surface area contributed by atoms with Crippen LogP contribution in [0.1, 0.15) is 24.2 Å². The molecule has 0 fully saturated rings. The van der Waals surface area contributed by atoms with E-state index in [0.717, 1.165) is 22.5 Å². The number of ether oxygens (including phenoxy) is 4. The summed E-state index contributed by atoms with van der Waals surface area (Å²) in [6.07, 6.45) is 5.76. The van der Waals surface area contributed by atoms with E-state index in [4.69, 9.17) is 23.7 Å². The van der Waals surface area contributed by atoms with Gasteiger partial charge in [0.15, 0.2) is 0 Å². The van der Waals surface area contributed by atoms with E-state index in [-0.39, 0.29) is 17.6 Å². The predicted octanol–water partition coefficient (Wildman–Crippen LogP) is 7.51. The van der Waals surface area contributed by atoms with Gasteiger partial charge in [-0.25, -0.2) is 17.6 Å². The number of nitrogens with zero attached hydrogens (tertiary/aromatic N) is 3. The molecule has 0 aliphatic rings. The minimum atomic E-state index is -3.12. The van der Waals surface area contributed by atoms with E-state index >= 15 is 0 Å². The molecule has 0 aliphatic carbocycles. The number of hydrogen-bond donors (Lipinski definition) is 1. The van der Waals surface area contributed by atoms with Crippen molar-refractivity contribution in [3.05, 3.63) is 120 Å². The van der Waals surface area contributed by atoms with Crippen LogP contribution in [0.2, 0.25) is 0 Å². The molecule has 0 spiro atoms. The molecule has 1 N–H and O–H groups in total. The largest absolute Gasteiger partial charge is 0.497 e. The maximum Gasteiger partial charge on any atom is 0.253 e. The van der Waals surface area contributed by atoms with Crippen LogP contribution in [0.15, 0.2) is 118 Å². The molecule has 10 nitrogen and oxygen atoms in total. The van der Waals surface area contributed by atoms with Gasteiger partial charge in [0.2, 0.25) is 6.20 Å². The van der Waals surface area contributed by atoms with Gasteiger partial charge in [0.05, 0.1) is 55.2 Å². The van der Waals surface area contributed by atoms with E-state index in [0.29, 0.717) is 44.4 Å². The molecular formula is C37H36FN4O6S2+. The summed E-state index contributed by atoms with van der Waals surface area (Å²) in [6, 6.07) is 25.7. The van der Waals surface area contributed by atoms with Crippen LogP contribution in [-0.2, 0) is 26.1 Å². The highest BCUT2D eigenvalue weighted by Crippen LogP contribution is 2.32. The van der Waals surface area contributed by atoms with Crippen molar-refractivity contribution in [3.63, 3.8) is 0 Å². The summed E-state index contributed by atoms with van der Waals surface area (Å²) >= 11 is 0. The normalized spacial score (nSPS) is 14.4. The van der Waals surface area contributed by atoms with Gasteiger partial charge >= 0.3 is 0 Å². The molecule has 3 atom stereocenters. The quantitative estimate of drug-likeness (QED) is 0.138. The van der Waals surface area contributed by atoms with E-state index in [1.54, 1.807) is 63.2 Å². The Morgan fingerprint density at radius 2 is 1.60 bits per heavy atom. The zero-order valence-electron chi connectivity index (χ0n) is 28.1. The summed E-state index contributed by atoms with van der Waals surface area (Å²) in [5, 5.41) is 1.48. The number of hydrogen-bond acceptors (Lipinski definition) is 9. The molecule has 0 amide bonds. The third-order valence-corrected chi connectivity index (χ3v) is 10.8. The number of rotatable bonds is 11. The van der Waals surface area contributed by atoms with Crippen LogP contribution in [-0.4, -0.2) is 40.1 Å². The van der Waals surface area contributed by atoms with E-state index in [1.165, 1.54) is 23.1 Å². The Kier molecular flexibility index (Phi) is 9.63. The molecule has 258 valence electrons. The first-order chi connectivity index (χ1) is 23.8. The summed E-state index contributed by atoms with van der Waals surface area (Å²) in [4.78, 5) is 5.04. The number of nitrogens with one attached hydrogen (secondary N) is 1. The second-order valence-electron chi connectivity index (χ2n) is 11.7. The van der Waals surface area contributed by atoms with Crippen molar-refractivity contribution in [1.29, 1.82) is 4.78 Å². The van der Waals surface area contributed by atoms with Crippen LogP contribution in [0.5, 0.6) is 23.0 Å². The molecule has 0 aliphatic heterocycles. The average molecular weight is 716 g/mol. The lowest BCUT2D eigenvalue weighted by molar-refractivity contribution is -0.649. The molecule has 0 saturated carbocycles. The molecule has 0 radical (unpaired) electrons. The van der Waals surface area contributed by atoms with Crippen LogP contribution in [0.25, 0.3) is 21.8 Å². The predicted molar refractivity (Wildman–Crippen MR) is 190 cm³/mol. The van der Waals surface area contributed by atoms with Gasteiger partial charge in [-0.3, -0.25) is 4.98 Å². The average Bonchev–Trinajstić information content (AvgIpc) is 3.10. The lowest BCUT2D eigenvalue weighted by Gasteiger charge is -2.17. The van der Waals surface area contributed by atoms with Crippen LogP contribution < -0.4 is 23.6 Å². The Morgan fingerprint density at radius 1 is 0.860 bits per heavy atom. The Bertz CT molecular complexity index is 2480. The minimum Gasteiger partial charge on any atom is -0.497 e. The number of aromatic nitrogens is 2. The Morgan fingerprint density at radius 3 is 2.34 bits per heavy atom. The van der Waals surface area contributed by atoms with E-state index in [2.05, 4.69) is 9.46 Å². The van der Waals surface area contributed by atoms with Gasteiger partial charge in [-0.1, -0.05) is 12.1 Å². The Labute approximate surface area is 290 Å². The van der Waals surface area contributed by atoms with Crippen molar-refractivity contribution in [2.24, 2.45) is 4.47 Å².